The molecular formula is C12H13ClN4O2. The number of benzene rings is 1. The standard InChI is InChI=1S/C12H13ClN4O2/c1-8(19-9(2)18)7-17-15-12(14-16-17)10-3-5-11(13)6-4-10/h3-6,8H,7H2,1-2H3. The van der Waals surface area contributed by atoms with E-state index < -0.39 is 0 Å². The SMILES string of the molecule is CC(=O)OC(C)Cn1nnc(-c2ccc(Cl)cc2)n1. The van der Waals surface area contributed by atoms with Crippen molar-refractivity contribution in [2.24, 2.45) is 0 Å². The van der Waals surface area contributed by atoms with Gasteiger partial charge in [-0.2, -0.15) is 4.80 Å². The van der Waals surface area contributed by atoms with Crippen molar-refractivity contribution >= 4 is 17.6 Å². The van der Waals surface area contributed by atoms with Crippen molar-refractivity contribution in [3.63, 3.8) is 0 Å². The van der Waals surface area contributed by atoms with Gasteiger partial charge >= 0.3 is 5.97 Å². The van der Waals surface area contributed by atoms with Gasteiger partial charge in [0.2, 0.25) is 5.82 Å². The first kappa shape index (κ1) is 13.5. The van der Waals surface area contributed by atoms with Crippen LogP contribution in [-0.2, 0) is 16.1 Å². The van der Waals surface area contributed by atoms with E-state index >= 15 is 0 Å². The Morgan fingerprint density at radius 3 is 2.74 bits per heavy atom. The van der Waals surface area contributed by atoms with Gasteiger partial charge in [-0.3, -0.25) is 4.79 Å². The lowest BCUT2D eigenvalue weighted by molar-refractivity contribution is -0.146. The van der Waals surface area contributed by atoms with Crippen LogP contribution in [0.2, 0.25) is 5.02 Å². The predicted octanol–water partition coefficient (Wildman–Crippen LogP) is 1.95. The van der Waals surface area contributed by atoms with Gasteiger partial charge in [-0.15, -0.1) is 10.2 Å². The highest BCUT2D eigenvalue weighted by molar-refractivity contribution is 6.30. The summed E-state index contributed by atoms with van der Waals surface area (Å²) in [6.45, 7) is 3.50. The molecular weight excluding hydrogens is 268 g/mol. The molecule has 0 bridgehead atoms. The van der Waals surface area contributed by atoms with Crippen molar-refractivity contribution in [3.05, 3.63) is 29.3 Å². The molecule has 0 aliphatic rings. The maximum absolute atomic E-state index is 10.8. The predicted molar refractivity (Wildman–Crippen MR) is 69.5 cm³/mol. The Balaban J connectivity index is 2.06. The number of halogens is 1. The van der Waals surface area contributed by atoms with Crippen molar-refractivity contribution in [3.8, 4) is 11.4 Å². The van der Waals surface area contributed by atoms with Crippen molar-refractivity contribution in [2.75, 3.05) is 0 Å². The van der Waals surface area contributed by atoms with Crippen LogP contribution >= 0.6 is 11.6 Å². The highest BCUT2D eigenvalue weighted by Gasteiger charge is 2.10. The summed E-state index contributed by atoms with van der Waals surface area (Å²) in [5, 5.41) is 12.7. The highest BCUT2D eigenvalue weighted by atomic mass is 35.5. The molecule has 0 aliphatic heterocycles. The number of esters is 1. The molecule has 0 radical (unpaired) electrons. The Labute approximate surface area is 115 Å². The summed E-state index contributed by atoms with van der Waals surface area (Å²) < 4.78 is 5.00. The molecule has 100 valence electrons. The molecule has 2 rings (SSSR count). The van der Waals surface area contributed by atoms with Gasteiger partial charge in [-0.05, 0) is 36.4 Å². The van der Waals surface area contributed by atoms with Gasteiger partial charge < -0.3 is 4.74 Å². The second-order valence-electron chi connectivity index (χ2n) is 4.09. The molecule has 7 heteroatoms. The first-order chi connectivity index (χ1) is 9.04. The number of rotatable bonds is 4. The van der Waals surface area contributed by atoms with E-state index in [0.717, 1.165) is 5.56 Å². The van der Waals surface area contributed by atoms with E-state index in [0.29, 0.717) is 17.4 Å². The zero-order valence-electron chi connectivity index (χ0n) is 10.6. The van der Waals surface area contributed by atoms with Crippen molar-refractivity contribution < 1.29 is 9.53 Å². The van der Waals surface area contributed by atoms with Gasteiger partial charge in [-0.1, -0.05) is 11.6 Å². The summed E-state index contributed by atoms with van der Waals surface area (Å²) in [5.74, 6) is 0.178. The summed E-state index contributed by atoms with van der Waals surface area (Å²) in [5.41, 5.74) is 0.829. The van der Waals surface area contributed by atoms with E-state index in [-0.39, 0.29) is 12.1 Å². The highest BCUT2D eigenvalue weighted by Crippen LogP contribution is 2.16. The third-order valence-electron chi connectivity index (χ3n) is 2.34. The minimum Gasteiger partial charge on any atom is -0.461 e. The second kappa shape index (κ2) is 5.79. The minimum absolute atomic E-state index is 0.301. The van der Waals surface area contributed by atoms with E-state index in [1.54, 1.807) is 19.1 Å². The topological polar surface area (TPSA) is 69.9 Å². The largest absolute Gasteiger partial charge is 0.461 e. The molecule has 19 heavy (non-hydrogen) atoms. The summed E-state index contributed by atoms with van der Waals surface area (Å²) in [6.07, 6.45) is -0.301. The maximum Gasteiger partial charge on any atom is 0.302 e. The number of ether oxygens (including phenoxy) is 1. The molecule has 1 heterocycles. The van der Waals surface area contributed by atoms with Crippen LogP contribution in [-0.4, -0.2) is 32.3 Å². The lowest BCUT2D eigenvalue weighted by Crippen LogP contribution is -2.20. The van der Waals surface area contributed by atoms with E-state index in [9.17, 15) is 4.79 Å². The van der Waals surface area contributed by atoms with Gasteiger partial charge in [0.1, 0.15) is 6.10 Å². The summed E-state index contributed by atoms with van der Waals surface area (Å²) >= 11 is 5.81. The number of carbonyl (C=O) groups is 1. The molecule has 1 aromatic carbocycles. The van der Waals surface area contributed by atoms with Crippen LogP contribution in [0, 0.1) is 0 Å². The van der Waals surface area contributed by atoms with Crippen LogP contribution in [0.4, 0.5) is 0 Å². The number of carbonyl (C=O) groups excluding carboxylic acids is 1. The summed E-state index contributed by atoms with van der Waals surface area (Å²) in [6, 6.07) is 7.16. The van der Waals surface area contributed by atoms with E-state index in [1.165, 1.54) is 11.7 Å². The van der Waals surface area contributed by atoms with Crippen LogP contribution in [0.5, 0.6) is 0 Å². The first-order valence-electron chi connectivity index (χ1n) is 5.75. The van der Waals surface area contributed by atoms with Gasteiger partial charge in [0.15, 0.2) is 0 Å². The Kier molecular flexibility index (Phi) is 4.11. The number of hydrogen-bond donors (Lipinski definition) is 0. The molecule has 1 atom stereocenters. The van der Waals surface area contributed by atoms with Crippen LogP contribution in [0.15, 0.2) is 24.3 Å². The fourth-order valence-electron chi connectivity index (χ4n) is 1.59. The third-order valence-corrected chi connectivity index (χ3v) is 2.59. The zero-order chi connectivity index (χ0) is 13.8. The summed E-state index contributed by atoms with van der Waals surface area (Å²) in [7, 11) is 0. The van der Waals surface area contributed by atoms with Crippen molar-refractivity contribution in [2.45, 2.75) is 26.5 Å². The average Bonchev–Trinajstić information content (AvgIpc) is 2.77. The molecule has 0 amide bonds. The average molecular weight is 281 g/mol. The molecule has 6 nitrogen and oxygen atoms in total. The fraction of sp³-hybridized carbons (Fsp3) is 0.333. The number of aromatic nitrogens is 4. The molecule has 2 aromatic rings. The summed E-state index contributed by atoms with van der Waals surface area (Å²) in [4.78, 5) is 12.2. The number of hydrogen-bond acceptors (Lipinski definition) is 5. The first-order valence-corrected chi connectivity index (χ1v) is 6.13. The smallest absolute Gasteiger partial charge is 0.302 e. The molecule has 0 saturated heterocycles. The monoisotopic (exact) mass is 280 g/mol. The van der Waals surface area contributed by atoms with Gasteiger partial charge in [0.25, 0.3) is 0 Å². The van der Waals surface area contributed by atoms with Crippen molar-refractivity contribution in [1.82, 2.24) is 20.2 Å². The van der Waals surface area contributed by atoms with E-state index in [1.807, 2.05) is 12.1 Å². The van der Waals surface area contributed by atoms with Crippen molar-refractivity contribution in [1.29, 1.82) is 0 Å². The molecule has 0 saturated carbocycles. The lowest BCUT2D eigenvalue weighted by Gasteiger charge is -2.09. The lowest BCUT2D eigenvalue weighted by atomic mass is 10.2. The Hall–Kier alpha value is -1.95. The quantitative estimate of drug-likeness (QED) is 0.801. The van der Waals surface area contributed by atoms with Crippen LogP contribution in [0.1, 0.15) is 13.8 Å². The van der Waals surface area contributed by atoms with Crippen LogP contribution < -0.4 is 0 Å². The maximum atomic E-state index is 10.8. The minimum atomic E-state index is -0.328. The van der Waals surface area contributed by atoms with E-state index in [4.69, 9.17) is 16.3 Å². The van der Waals surface area contributed by atoms with Gasteiger partial charge in [0.05, 0.1) is 6.54 Å². The molecule has 1 unspecified atom stereocenters. The fourth-order valence-corrected chi connectivity index (χ4v) is 1.71. The second-order valence-corrected chi connectivity index (χ2v) is 4.53. The van der Waals surface area contributed by atoms with E-state index in [2.05, 4.69) is 15.4 Å². The van der Waals surface area contributed by atoms with Crippen LogP contribution in [0.3, 0.4) is 0 Å². The molecule has 0 N–H and O–H groups in total. The molecule has 1 aromatic heterocycles. The van der Waals surface area contributed by atoms with Gasteiger partial charge in [0, 0.05) is 17.5 Å². The van der Waals surface area contributed by atoms with Gasteiger partial charge in [-0.25, -0.2) is 0 Å². The number of nitrogens with zero attached hydrogens (tertiary/aromatic N) is 4. The zero-order valence-corrected chi connectivity index (χ0v) is 11.3. The van der Waals surface area contributed by atoms with Crippen LogP contribution in [0.25, 0.3) is 11.4 Å². The molecule has 0 aliphatic carbocycles. The normalized spacial score (nSPS) is 12.2. The molecule has 0 fully saturated rings. The Morgan fingerprint density at radius 2 is 2.11 bits per heavy atom. The Morgan fingerprint density at radius 1 is 1.42 bits per heavy atom. The Bertz CT molecular complexity index is 567. The molecule has 0 spiro atoms. The third kappa shape index (κ3) is 3.75. The number of tetrazole rings is 1.